The number of morpholine rings is 1. The largest absolute Gasteiger partial charge is 0.397 e. The van der Waals surface area contributed by atoms with Crippen molar-refractivity contribution in [3.8, 4) is 0 Å². The number of nitrogen functional groups attached to an aromatic ring is 1. The molecule has 7 nitrogen and oxygen atoms in total. The molecule has 0 aromatic heterocycles. The first kappa shape index (κ1) is 15.1. The Morgan fingerprint density at radius 3 is 2.86 bits per heavy atom. The first-order valence-corrected chi connectivity index (χ1v) is 6.86. The van der Waals surface area contributed by atoms with Gasteiger partial charge in [0.05, 0.1) is 24.6 Å². The van der Waals surface area contributed by atoms with E-state index in [-0.39, 0.29) is 12.5 Å². The molecule has 7 heteroatoms. The predicted molar refractivity (Wildman–Crippen MR) is 80.0 cm³/mol. The van der Waals surface area contributed by atoms with Gasteiger partial charge < -0.3 is 26.4 Å². The molecule has 0 bridgehead atoms. The van der Waals surface area contributed by atoms with Gasteiger partial charge in [-0.15, -0.1) is 0 Å². The van der Waals surface area contributed by atoms with E-state index in [9.17, 15) is 9.59 Å². The van der Waals surface area contributed by atoms with E-state index in [0.29, 0.717) is 36.6 Å². The minimum Gasteiger partial charge on any atom is -0.397 e. The number of nitrogens with one attached hydrogen (secondary N) is 1. The van der Waals surface area contributed by atoms with Gasteiger partial charge >= 0.3 is 0 Å². The fraction of sp³-hybridized carbons (Fsp3) is 0.429. The standard InChI is InChI=1S/C14H20N4O3/c1-2-17-14(20)9-3-4-11(10(15)7-9)18-5-6-21-8-12(18)13(16)19/h3-4,7,12H,2,5-6,8,15H2,1H3,(H2,16,19)(H,17,20). The number of carbonyl (C=O) groups is 2. The van der Waals surface area contributed by atoms with Gasteiger partial charge in [-0.05, 0) is 25.1 Å². The van der Waals surface area contributed by atoms with Crippen LogP contribution in [0.4, 0.5) is 11.4 Å². The van der Waals surface area contributed by atoms with Crippen molar-refractivity contribution in [2.75, 3.05) is 36.9 Å². The van der Waals surface area contributed by atoms with Crippen LogP contribution in [0, 0.1) is 0 Å². The van der Waals surface area contributed by atoms with Crippen LogP contribution in [0.5, 0.6) is 0 Å². The van der Waals surface area contributed by atoms with E-state index in [1.807, 2.05) is 11.8 Å². The van der Waals surface area contributed by atoms with Gasteiger partial charge in [0, 0.05) is 18.7 Å². The van der Waals surface area contributed by atoms with Crippen molar-refractivity contribution in [3.63, 3.8) is 0 Å². The summed E-state index contributed by atoms with van der Waals surface area (Å²) in [7, 11) is 0. The number of nitrogens with zero attached hydrogens (tertiary/aromatic N) is 1. The molecule has 1 fully saturated rings. The second-order valence-corrected chi connectivity index (χ2v) is 4.82. The number of hydrogen-bond acceptors (Lipinski definition) is 5. The van der Waals surface area contributed by atoms with Gasteiger partial charge in [0.15, 0.2) is 0 Å². The number of primary amides is 1. The summed E-state index contributed by atoms with van der Waals surface area (Å²) in [6.45, 7) is 3.67. The van der Waals surface area contributed by atoms with Crippen molar-refractivity contribution in [2.45, 2.75) is 13.0 Å². The lowest BCUT2D eigenvalue weighted by atomic mass is 10.1. The predicted octanol–water partition coefficient (Wildman–Crippen LogP) is -0.291. The summed E-state index contributed by atoms with van der Waals surface area (Å²) < 4.78 is 5.28. The molecule has 0 spiro atoms. The number of benzene rings is 1. The quantitative estimate of drug-likeness (QED) is 0.660. The highest BCUT2D eigenvalue weighted by Gasteiger charge is 2.29. The molecule has 0 saturated carbocycles. The van der Waals surface area contributed by atoms with E-state index in [2.05, 4.69) is 5.32 Å². The molecule has 0 radical (unpaired) electrons. The van der Waals surface area contributed by atoms with E-state index in [0.717, 1.165) is 0 Å². The minimum absolute atomic E-state index is 0.177. The minimum atomic E-state index is -0.545. The van der Waals surface area contributed by atoms with Gasteiger partial charge in [-0.1, -0.05) is 0 Å². The Kier molecular flexibility index (Phi) is 4.64. The molecule has 5 N–H and O–H groups in total. The highest BCUT2D eigenvalue weighted by atomic mass is 16.5. The molecule has 21 heavy (non-hydrogen) atoms. The number of anilines is 2. The molecule has 1 atom stereocenters. The molecule has 1 aliphatic heterocycles. The average Bonchev–Trinajstić information content (AvgIpc) is 2.47. The maximum absolute atomic E-state index is 11.8. The monoisotopic (exact) mass is 292 g/mol. The topological polar surface area (TPSA) is 111 Å². The van der Waals surface area contributed by atoms with E-state index < -0.39 is 11.9 Å². The number of ether oxygens (including phenoxy) is 1. The first-order chi connectivity index (χ1) is 10.0. The van der Waals surface area contributed by atoms with Gasteiger partial charge in [0.1, 0.15) is 6.04 Å². The van der Waals surface area contributed by atoms with E-state index in [1.165, 1.54) is 0 Å². The van der Waals surface area contributed by atoms with Crippen molar-refractivity contribution in [3.05, 3.63) is 23.8 Å². The molecule has 1 saturated heterocycles. The maximum atomic E-state index is 11.8. The number of amides is 2. The highest BCUT2D eigenvalue weighted by molar-refractivity contribution is 5.96. The zero-order valence-corrected chi connectivity index (χ0v) is 12.0. The zero-order valence-electron chi connectivity index (χ0n) is 12.0. The fourth-order valence-corrected chi connectivity index (χ4v) is 2.35. The molecule has 0 aliphatic carbocycles. The van der Waals surface area contributed by atoms with Crippen LogP contribution in [0.15, 0.2) is 18.2 Å². The number of carbonyl (C=O) groups excluding carboxylic acids is 2. The van der Waals surface area contributed by atoms with Crippen molar-refractivity contribution < 1.29 is 14.3 Å². The lowest BCUT2D eigenvalue weighted by Crippen LogP contribution is -2.52. The molecule has 114 valence electrons. The summed E-state index contributed by atoms with van der Waals surface area (Å²) in [6, 6.07) is 4.48. The summed E-state index contributed by atoms with van der Waals surface area (Å²) >= 11 is 0. The van der Waals surface area contributed by atoms with E-state index in [1.54, 1.807) is 18.2 Å². The van der Waals surface area contributed by atoms with Gasteiger partial charge in [0.2, 0.25) is 5.91 Å². The Morgan fingerprint density at radius 2 is 2.24 bits per heavy atom. The van der Waals surface area contributed by atoms with Crippen LogP contribution in [0.25, 0.3) is 0 Å². The molecule has 1 aliphatic rings. The lowest BCUT2D eigenvalue weighted by Gasteiger charge is -2.36. The summed E-state index contributed by atoms with van der Waals surface area (Å²) in [6.07, 6.45) is 0. The van der Waals surface area contributed by atoms with Crippen molar-refractivity contribution in [1.82, 2.24) is 5.32 Å². The average molecular weight is 292 g/mol. The summed E-state index contributed by atoms with van der Waals surface area (Å²) in [5.74, 6) is -0.633. The van der Waals surface area contributed by atoms with Gasteiger partial charge in [-0.3, -0.25) is 9.59 Å². The first-order valence-electron chi connectivity index (χ1n) is 6.86. The molecule has 1 aromatic rings. The smallest absolute Gasteiger partial charge is 0.251 e. The van der Waals surface area contributed by atoms with E-state index in [4.69, 9.17) is 16.2 Å². The van der Waals surface area contributed by atoms with Crippen LogP contribution in [0.1, 0.15) is 17.3 Å². The molecular weight excluding hydrogens is 272 g/mol. The molecule has 2 amide bonds. The fourth-order valence-electron chi connectivity index (χ4n) is 2.35. The SMILES string of the molecule is CCNC(=O)c1ccc(N2CCOCC2C(N)=O)c(N)c1. The summed E-state index contributed by atoms with van der Waals surface area (Å²) in [5.41, 5.74) is 13.0. The number of nitrogens with two attached hydrogens (primary N) is 2. The van der Waals surface area contributed by atoms with Crippen molar-refractivity contribution in [1.29, 1.82) is 0 Å². The van der Waals surface area contributed by atoms with Crippen LogP contribution < -0.4 is 21.7 Å². The van der Waals surface area contributed by atoms with Gasteiger partial charge in [0.25, 0.3) is 5.91 Å². The Morgan fingerprint density at radius 1 is 1.48 bits per heavy atom. The van der Waals surface area contributed by atoms with Crippen molar-refractivity contribution in [2.24, 2.45) is 5.73 Å². The zero-order chi connectivity index (χ0) is 15.4. The highest BCUT2D eigenvalue weighted by Crippen LogP contribution is 2.27. The van der Waals surface area contributed by atoms with Crippen LogP contribution >= 0.6 is 0 Å². The van der Waals surface area contributed by atoms with Crippen LogP contribution in [-0.4, -0.2) is 44.2 Å². The second kappa shape index (κ2) is 6.45. The third kappa shape index (κ3) is 3.25. The summed E-state index contributed by atoms with van der Waals surface area (Å²) in [5, 5.41) is 2.71. The van der Waals surface area contributed by atoms with Gasteiger partial charge in [-0.25, -0.2) is 0 Å². The molecule has 1 unspecified atom stereocenters. The Bertz CT molecular complexity index is 547. The van der Waals surface area contributed by atoms with Gasteiger partial charge in [-0.2, -0.15) is 0 Å². The Labute approximate surface area is 123 Å². The normalized spacial score (nSPS) is 18.3. The lowest BCUT2D eigenvalue weighted by molar-refractivity contribution is -0.121. The third-order valence-electron chi connectivity index (χ3n) is 3.39. The number of rotatable bonds is 4. The Balaban J connectivity index is 2.27. The molecule has 2 rings (SSSR count). The van der Waals surface area contributed by atoms with Crippen molar-refractivity contribution >= 4 is 23.2 Å². The van der Waals surface area contributed by atoms with Crippen LogP contribution in [0.2, 0.25) is 0 Å². The van der Waals surface area contributed by atoms with E-state index >= 15 is 0 Å². The molecule has 1 heterocycles. The molecule has 1 aromatic carbocycles. The van der Waals surface area contributed by atoms with Crippen LogP contribution in [0.3, 0.4) is 0 Å². The van der Waals surface area contributed by atoms with Crippen LogP contribution in [-0.2, 0) is 9.53 Å². The summed E-state index contributed by atoms with van der Waals surface area (Å²) in [4.78, 5) is 25.1. The number of hydrogen-bond donors (Lipinski definition) is 3. The third-order valence-corrected chi connectivity index (χ3v) is 3.39. The maximum Gasteiger partial charge on any atom is 0.251 e. The molecular formula is C14H20N4O3. The Hall–Kier alpha value is -2.28. The second-order valence-electron chi connectivity index (χ2n) is 4.82.